The van der Waals surface area contributed by atoms with E-state index in [1.54, 1.807) is 0 Å². The maximum Gasteiger partial charge on any atom is 0.315 e. The first kappa shape index (κ1) is 14.1. The summed E-state index contributed by atoms with van der Waals surface area (Å²) >= 11 is 0. The van der Waals surface area contributed by atoms with Crippen molar-refractivity contribution in [3.8, 4) is 0 Å². The maximum atomic E-state index is 11.9. The number of carbonyl (C=O) groups is 2. The summed E-state index contributed by atoms with van der Waals surface area (Å²) in [4.78, 5) is 23.1. The Kier molecular flexibility index (Phi) is 4.63. The van der Waals surface area contributed by atoms with Crippen LogP contribution in [0.25, 0.3) is 0 Å². The predicted octanol–water partition coefficient (Wildman–Crippen LogP) is 1.11. The fourth-order valence-corrected chi connectivity index (χ4v) is 2.90. The molecule has 0 aromatic rings. The van der Waals surface area contributed by atoms with Crippen molar-refractivity contribution in [1.82, 2.24) is 10.6 Å². The van der Waals surface area contributed by atoms with Gasteiger partial charge in [-0.25, -0.2) is 4.79 Å². The van der Waals surface area contributed by atoms with Crippen LogP contribution in [0.15, 0.2) is 0 Å². The normalized spacial score (nSPS) is 34.8. The largest absolute Gasteiger partial charge is 0.481 e. The van der Waals surface area contributed by atoms with E-state index in [4.69, 9.17) is 9.84 Å². The second kappa shape index (κ2) is 6.23. The minimum absolute atomic E-state index is 0.0202. The van der Waals surface area contributed by atoms with Gasteiger partial charge in [0, 0.05) is 12.6 Å². The molecule has 0 spiro atoms. The zero-order valence-corrected chi connectivity index (χ0v) is 11.2. The van der Waals surface area contributed by atoms with Gasteiger partial charge in [-0.1, -0.05) is 12.8 Å². The van der Waals surface area contributed by atoms with Crippen LogP contribution in [0.4, 0.5) is 4.79 Å². The van der Waals surface area contributed by atoms with Crippen molar-refractivity contribution in [1.29, 1.82) is 0 Å². The van der Waals surface area contributed by atoms with Gasteiger partial charge in [-0.2, -0.15) is 0 Å². The number of aliphatic carboxylic acids is 1. The van der Waals surface area contributed by atoms with Gasteiger partial charge in [0.2, 0.25) is 0 Å². The smallest absolute Gasteiger partial charge is 0.315 e. The lowest BCUT2D eigenvalue weighted by Gasteiger charge is -2.30. The van der Waals surface area contributed by atoms with Crippen LogP contribution in [0.5, 0.6) is 0 Å². The molecule has 19 heavy (non-hydrogen) atoms. The van der Waals surface area contributed by atoms with E-state index in [1.807, 2.05) is 6.92 Å². The third-order valence-corrected chi connectivity index (χ3v) is 4.09. The number of hydrogen-bond acceptors (Lipinski definition) is 3. The average molecular weight is 270 g/mol. The van der Waals surface area contributed by atoms with Crippen molar-refractivity contribution < 1.29 is 19.4 Å². The van der Waals surface area contributed by atoms with Crippen molar-refractivity contribution in [2.45, 2.75) is 57.2 Å². The number of carboxylic acids is 1. The number of nitrogens with one attached hydrogen (secondary N) is 2. The molecule has 6 nitrogen and oxygen atoms in total. The topological polar surface area (TPSA) is 87.7 Å². The van der Waals surface area contributed by atoms with E-state index in [0.29, 0.717) is 13.0 Å². The fraction of sp³-hybridized carbons (Fsp3) is 0.846. The van der Waals surface area contributed by atoms with Gasteiger partial charge in [-0.3, -0.25) is 4.79 Å². The molecular weight excluding hydrogens is 248 g/mol. The van der Waals surface area contributed by atoms with Gasteiger partial charge >= 0.3 is 12.0 Å². The lowest BCUT2D eigenvalue weighted by atomic mass is 9.84. The van der Waals surface area contributed by atoms with Crippen molar-refractivity contribution in [3.63, 3.8) is 0 Å². The number of ether oxygens (including phenoxy) is 1. The molecule has 4 unspecified atom stereocenters. The van der Waals surface area contributed by atoms with Gasteiger partial charge in [0.15, 0.2) is 0 Å². The molecule has 0 radical (unpaired) electrons. The summed E-state index contributed by atoms with van der Waals surface area (Å²) in [6, 6.07) is -0.517. The lowest BCUT2D eigenvalue weighted by molar-refractivity contribution is -0.143. The third-order valence-electron chi connectivity index (χ3n) is 4.09. The van der Waals surface area contributed by atoms with Gasteiger partial charge in [-0.05, 0) is 26.2 Å². The Hall–Kier alpha value is -1.30. The van der Waals surface area contributed by atoms with E-state index in [2.05, 4.69) is 10.6 Å². The zero-order valence-electron chi connectivity index (χ0n) is 11.2. The van der Waals surface area contributed by atoms with E-state index in [1.165, 1.54) is 0 Å². The molecule has 1 saturated heterocycles. The van der Waals surface area contributed by atoms with Crippen LogP contribution in [0.2, 0.25) is 0 Å². The molecule has 2 fully saturated rings. The molecule has 1 aliphatic heterocycles. The molecule has 2 aliphatic rings. The zero-order chi connectivity index (χ0) is 13.8. The van der Waals surface area contributed by atoms with Crippen molar-refractivity contribution in [2.75, 3.05) is 6.61 Å². The molecule has 1 aliphatic carbocycles. The van der Waals surface area contributed by atoms with Crippen molar-refractivity contribution in [3.05, 3.63) is 0 Å². The van der Waals surface area contributed by atoms with Crippen LogP contribution in [0.3, 0.4) is 0 Å². The van der Waals surface area contributed by atoms with E-state index in [-0.39, 0.29) is 24.2 Å². The van der Waals surface area contributed by atoms with Crippen LogP contribution in [0, 0.1) is 5.92 Å². The van der Waals surface area contributed by atoms with Crippen LogP contribution in [-0.4, -0.2) is 41.9 Å². The summed E-state index contributed by atoms with van der Waals surface area (Å²) in [6.07, 6.45) is 4.10. The van der Waals surface area contributed by atoms with Gasteiger partial charge in [0.05, 0.1) is 18.1 Å². The Balaban J connectivity index is 1.84. The number of urea groups is 1. The first-order valence-electron chi connectivity index (χ1n) is 6.99. The van der Waals surface area contributed by atoms with E-state index >= 15 is 0 Å². The van der Waals surface area contributed by atoms with Gasteiger partial charge < -0.3 is 20.5 Å². The second-order valence-corrected chi connectivity index (χ2v) is 5.42. The molecule has 108 valence electrons. The number of carboxylic acid groups (broad SMARTS) is 1. The highest BCUT2D eigenvalue weighted by atomic mass is 16.5. The van der Waals surface area contributed by atoms with Crippen LogP contribution < -0.4 is 10.6 Å². The Bertz CT molecular complexity index is 348. The monoisotopic (exact) mass is 270 g/mol. The highest BCUT2D eigenvalue weighted by Gasteiger charge is 2.33. The number of amides is 2. The molecule has 1 saturated carbocycles. The SMILES string of the molecule is CC1OCCC1NC(=O)NC1CCCCC1C(=O)O. The van der Waals surface area contributed by atoms with Crippen LogP contribution in [-0.2, 0) is 9.53 Å². The first-order valence-corrected chi connectivity index (χ1v) is 6.99. The Morgan fingerprint density at radius 2 is 1.79 bits per heavy atom. The molecule has 2 amide bonds. The summed E-state index contributed by atoms with van der Waals surface area (Å²) in [5.41, 5.74) is 0. The Morgan fingerprint density at radius 1 is 1.11 bits per heavy atom. The molecular formula is C13H22N2O4. The van der Waals surface area contributed by atoms with Gasteiger partial charge in [0.25, 0.3) is 0 Å². The van der Waals surface area contributed by atoms with Gasteiger partial charge in [0.1, 0.15) is 0 Å². The predicted molar refractivity (Wildman–Crippen MR) is 68.9 cm³/mol. The minimum atomic E-state index is -0.817. The molecule has 1 heterocycles. The lowest BCUT2D eigenvalue weighted by Crippen LogP contribution is -2.52. The van der Waals surface area contributed by atoms with E-state index in [9.17, 15) is 9.59 Å². The summed E-state index contributed by atoms with van der Waals surface area (Å²) in [5.74, 6) is -1.28. The van der Waals surface area contributed by atoms with Crippen molar-refractivity contribution >= 4 is 12.0 Å². The highest BCUT2D eigenvalue weighted by Crippen LogP contribution is 2.24. The van der Waals surface area contributed by atoms with Crippen LogP contribution >= 0.6 is 0 Å². The fourth-order valence-electron chi connectivity index (χ4n) is 2.90. The van der Waals surface area contributed by atoms with E-state index < -0.39 is 11.9 Å². The molecule has 6 heteroatoms. The number of carbonyl (C=O) groups excluding carboxylic acids is 1. The minimum Gasteiger partial charge on any atom is -0.481 e. The summed E-state index contributed by atoms with van der Waals surface area (Å²) in [7, 11) is 0. The molecule has 2 rings (SSSR count). The molecule has 0 aromatic carbocycles. The number of hydrogen-bond donors (Lipinski definition) is 3. The molecule has 4 atom stereocenters. The van der Waals surface area contributed by atoms with E-state index in [0.717, 1.165) is 25.7 Å². The Labute approximate surface area is 112 Å². The van der Waals surface area contributed by atoms with Crippen LogP contribution in [0.1, 0.15) is 39.0 Å². The first-order chi connectivity index (χ1) is 9.08. The third kappa shape index (κ3) is 3.59. The second-order valence-electron chi connectivity index (χ2n) is 5.42. The van der Waals surface area contributed by atoms with Crippen molar-refractivity contribution in [2.24, 2.45) is 5.92 Å². The summed E-state index contributed by atoms with van der Waals surface area (Å²) in [5, 5.41) is 14.8. The molecule has 0 aromatic heterocycles. The molecule has 3 N–H and O–H groups in total. The standard InChI is InChI=1S/C13H22N2O4/c1-8-10(6-7-19-8)14-13(18)15-11-5-3-2-4-9(11)12(16)17/h8-11H,2-7H2,1H3,(H,16,17)(H2,14,15,18). The quantitative estimate of drug-likeness (QED) is 0.716. The summed E-state index contributed by atoms with van der Waals surface area (Å²) in [6.45, 7) is 2.59. The molecule has 0 bridgehead atoms. The number of rotatable bonds is 3. The average Bonchev–Trinajstić information content (AvgIpc) is 2.75. The maximum absolute atomic E-state index is 11.9. The Morgan fingerprint density at radius 3 is 2.42 bits per heavy atom. The summed E-state index contributed by atoms with van der Waals surface area (Å²) < 4.78 is 5.38. The van der Waals surface area contributed by atoms with Gasteiger partial charge in [-0.15, -0.1) is 0 Å². The highest BCUT2D eigenvalue weighted by molar-refractivity contribution is 5.77.